The molecule has 1 heteroatoms. The Kier molecular flexibility index (Phi) is 13.8. The zero-order valence-corrected chi connectivity index (χ0v) is 6.77. The number of hydrogen-bond acceptors (Lipinski definition) is 0. The van der Waals surface area contributed by atoms with Crippen molar-refractivity contribution in [2.75, 3.05) is 0 Å². The average molecular weight is 139 g/mol. The number of nitrogens with two attached hydrogens (primary N) is 1. The van der Waals surface area contributed by atoms with E-state index in [9.17, 15) is 0 Å². The van der Waals surface area contributed by atoms with Crippen LogP contribution in [0.4, 0.5) is 0 Å². The Bertz CT molecular complexity index is 90.9. The first-order valence-electron chi connectivity index (χ1n) is 3.69. The van der Waals surface area contributed by atoms with E-state index in [1.807, 2.05) is 6.08 Å². The predicted molar refractivity (Wildman–Crippen MR) is 45.2 cm³/mol. The summed E-state index contributed by atoms with van der Waals surface area (Å²) >= 11 is 0. The molecule has 1 nitrogen and oxygen atoms in total. The van der Waals surface area contributed by atoms with Crippen LogP contribution in [0.3, 0.4) is 0 Å². The Morgan fingerprint density at radius 3 is 2.50 bits per heavy atom. The second-order valence-electron chi connectivity index (χ2n) is 2.22. The number of hydrogen-bond donors (Lipinski definition) is 0. The molecule has 0 aliphatic carbocycles. The second-order valence-corrected chi connectivity index (χ2v) is 2.22. The Morgan fingerprint density at radius 1 is 1.30 bits per heavy atom. The SMILES string of the molecule is [CH]=C=CCCCCCC.[NH2]. The molecule has 0 atom stereocenters. The van der Waals surface area contributed by atoms with Crippen molar-refractivity contribution in [2.45, 2.75) is 39.0 Å². The highest BCUT2D eigenvalue weighted by Gasteiger charge is 1.82. The highest BCUT2D eigenvalue weighted by atomic mass is 14.0. The molecule has 0 heterocycles. The molecular formula is C9H17N. The van der Waals surface area contributed by atoms with Gasteiger partial charge in [0, 0.05) is 0 Å². The van der Waals surface area contributed by atoms with Crippen LogP contribution in [0.15, 0.2) is 11.8 Å². The zero-order valence-electron chi connectivity index (χ0n) is 6.77. The first-order valence-corrected chi connectivity index (χ1v) is 3.69. The molecule has 0 saturated carbocycles. The van der Waals surface area contributed by atoms with E-state index in [0.29, 0.717) is 0 Å². The maximum Gasteiger partial charge on any atom is -0.0126 e. The fourth-order valence-electron chi connectivity index (χ4n) is 0.757. The van der Waals surface area contributed by atoms with Crippen LogP contribution in [0.5, 0.6) is 0 Å². The summed E-state index contributed by atoms with van der Waals surface area (Å²) in [6.45, 7) is 7.25. The van der Waals surface area contributed by atoms with Crippen LogP contribution in [0.2, 0.25) is 0 Å². The Labute approximate surface area is 64.4 Å². The van der Waals surface area contributed by atoms with Crippen LogP contribution in [-0.2, 0) is 0 Å². The summed E-state index contributed by atoms with van der Waals surface area (Å²) in [5.74, 6) is 0. The summed E-state index contributed by atoms with van der Waals surface area (Å²) in [5.41, 5.74) is 2.52. The fraction of sp³-hybridized carbons (Fsp3) is 0.667. The standard InChI is InChI=1S/C9H15.H2N/c1-3-5-7-9-8-6-4-2;/h1,5H,4,6-9H2,2H3;1H2. The summed E-state index contributed by atoms with van der Waals surface area (Å²) < 4.78 is 0. The van der Waals surface area contributed by atoms with E-state index in [2.05, 4.69) is 12.7 Å². The average Bonchev–Trinajstić information content (AvgIpc) is 1.89. The van der Waals surface area contributed by atoms with E-state index in [-0.39, 0.29) is 6.15 Å². The van der Waals surface area contributed by atoms with Gasteiger partial charge < -0.3 is 0 Å². The van der Waals surface area contributed by atoms with Gasteiger partial charge in [-0.2, -0.15) is 0 Å². The third-order valence-corrected chi connectivity index (χ3v) is 1.32. The van der Waals surface area contributed by atoms with Gasteiger partial charge in [-0.05, 0) is 25.5 Å². The second kappa shape index (κ2) is 11.3. The number of unbranched alkanes of at least 4 members (excludes halogenated alkanes) is 4. The third kappa shape index (κ3) is 10.5. The molecule has 0 unspecified atom stereocenters. The van der Waals surface area contributed by atoms with Gasteiger partial charge in [-0.25, -0.2) is 0 Å². The molecular weight excluding hydrogens is 122 g/mol. The van der Waals surface area contributed by atoms with Crippen molar-refractivity contribution in [1.82, 2.24) is 6.15 Å². The van der Waals surface area contributed by atoms with Crippen LogP contribution in [0, 0.1) is 6.58 Å². The van der Waals surface area contributed by atoms with Crippen LogP contribution in [0.1, 0.15) is 39.0 Å². The summed E-state index contributed by atoms with van der Waals surface area (Å²) in [7, 11) is 0. The number of allylic oxidation sites excluding steroid dienone is 1. The smallest absolute Gasteiger partial charge is 0.0126 e. The van der Waals surface area contributed by atoms with Crippen molar-refractivity contribution in [2.24, 2.45) is 0 Å². The van der Waals surface area contributed by atoms with Gasteiger partial charge in [0.05, 0.1) is 0 Å². The Morgan fingerprint density at radius 2 is 2.00 bits per heavy atom. The van der Waals surface area contributed by atoms with Gasteiger partial charge in [0.1, 0.15) is 0 Å². The van der Waals surface area contributed by atoms with Gasteiger partial charge in [-0.3, -0.25) is 6.15 Å². The minimum absolute atomic E-state index is 0. The molecule has 0 aliphatic heterocycles. The lowest BCUT2D eigenvalue weighted by molar-refractivity contribution is 0.675. The summed E-state index contributed by atoms with van der Waals surface area (Å²) in [5, 5.41) is 0. The molecule has 10 heavy (non-hydrogen) atoms. The van der Waals surface area contributed by atoms with Crippen LogP contribution < -0.4 is 6.15 Å². The fourth-order valence-corrected chi connectivity index (χ4v) is 0.757. The van der Waals surface area contributed by atoms with Gasteiger partial charge in [0.2, 0.25) is 0 Å². The van der Waals surface area contributed by atoms with Crippen LogP contribution in [0.25, 0.3) is 0 Å². The van der Waals surface area contributed by atoms with E-state index in [1.165, 1.54) is 25.7 Å². The first-order chi connectivity index (χ1) is 4.41. The quantitative estimate of drug-likeness (QED) is 0.414. The summed E-state index contributed by atoms with van der Waals surface area (Å²) in [6, 6.07) is 0. The first kappa shape index (κ1) is 12.2. The minimum Gasteiger partial charge on any atom is -0.274 e. The lowest BCUT2D eigenvalue weighted by Crippen LogP contribution is -1.72. The molecule has 0 aromatic rings. The Hall–Kier alpha value is -0.520. The largest absolute Gasteiger partial charge is 0.274 e. The van der Waals surface area contributed by atoms with Gasteiger partial charge in [0.15, 0.2) is 0 Å². The van der Waals surface area contributed by atoms with Crippen molar-refractivity contribution in [3.8, 4) is 0 Å². The summed E-state index contributed by atoms with van der Waals surface area (Å²) in [4.78, 5) is 0. The Balaban J connectivity index is 0. The minimum atomic E-state index is 0. The van der Waals surface area contributed by atoms with Crippen molar-refractivity contribution in [3.05, 3.63) is 18.4 Å². The highest BCUT2D eigenvalue weighted by Crippen LogP contribution is 2.01. The third-order valence-electron chi connectivity index (χ3n) is 1.32. The van der Waals surface area contributed by atoms with E-state index in [0.717, 1.165) is 6.42 Å². The summed E-state index contributed by atoms with van der Waals surface area (Å²) in [6.07, 6.45) is 8.23. The van der Waals surface area contributed by atoms with Crippen molar-refractivity contribution in [3.63, 3.8) is 0 Å². The van der Waals surface area contributed by atoms with Crippen LogP contribution >= 0.6 is 0 Å². The molecule has 0 aliphatic rings. The predicted octanol–water partition coefficient (Wildman–Crippen LogP) is 3.05. The molecule has 2 N–H and O–H groups in total. The molecule has 0 rings (SSSR count). The molecule has 2 radical (unpaired) electrons. The molecule has 0 bridgehead atoms. The lowest BCUT2D eigenvalue weighted by Gasteiger charge is -1.91. The lowest BCUT2D eigenvalue weighted by atomic mass is 10.1. The van der Waals surface area contributed by atoms with Crippen molar-refractivity contribution in [1.29, 1.82) is 0 Å². The van der Waals surface area contributed by atoms with E-state index < -0.39 is 0 Å². The maximum atomic E-state index is 5.04. The van der Waals surface area contributed by atoms with E-state index >= 15 is 0 Å². The van der Waals surface area contributed by atoms with Crippen molar-refractivity contribution < 1.29 is 0 Å². The molecule has 0 aromatic heterocycles. The molecule has 0 aromatic carbocycles. The zero-order chi connectivity index (χ0) is 6.95. The molecule has 0 fully saturated rings. The van der Waals surface area contributed by atoms with Gasteiger partial charge in [-0.1, -0.05) is 26.2 Å². The topological polar surface area (TPSA) is 33.5 Å². The van der Waals surface area contributed by atoms with Gasteiger partial charge in [0.25, 0.3) is 0 Å². The van der Waals surface area contributed by atoms with Crippen LogP contribution in [-0.4, -0.2) is 0 Å². The molecule has 58 valence electrons. The van der Waals surface area contributed by atoms with Gasteiger partial charge in [-0.15, -0.1) is 5.73 Å². The molecule has 0 saturated heterocycles. The van der Waals surface area contributed by atoms with Gasteiger partial charge >= 0.3 is 0 Å². The molecule has 0 amide bonds. The van der Waals surface area contributed by atoms with E-state index in [4.69, 9.17) is 6.58 Å². The van der Waals surface area contributed by atoms with Crippen molar-refractivity contribution >= 4 is 0 Å². The normalized spacial score (nSPS) is 7.70. The number of rotatable bonds is 5. The van der Waals surface area contributed by atoms with E-state index in [1.54, 1.807) is 0 Å². The maximum absolute atomic E-state index is 5.04. The molecule has 0 spiro atoms. The highest BCUT2D eigenvalue weighted by molar-refractivity contribution is 4.72. The monoisotopic (exact) mass is 139 g/mol.